The number of hydrogen-bond donors (Lipinski definition) is 1. The Morgan fingerprint density at radius 2 is 2.07 bits per heavy atom. The van der Waals surface area contributed by atoms with E-state index in [1.54, 1.807) is 0 Å². The zero-order valence-electron chi connectivity index (χ0n) is 7.90. The summed E-state index contributed by atoms with van der Waals surface area (Å²) in [6, 6.07) is 0. The largest absolute Gasteiger partial charge is 0.317 e. The molecule has 1 saturated heterocycles. The molecule has 3 rings (SSSR count). The van der Waals surface area contributed by atoms with Crippen molar-refractivity contribution in [3.05, 3.63) is 11.6 Å². The summed E-state index contributed by atoms with van der Waals surface area (Å²) >= 11 is 0. The first-order chi connectivity index (χ1) is 6.88. The Balaban J connectivity index is 1.96. The molecule has 14 heavy (non-hydrogen) atoms. The zero-order chi connectivity index (χ0) is 9.43. The number of rotatable bonds is 0. The molecule has 4 heteroatoms. The molecule has 3 heterocycles. The van der Waals surface area contributed by atoms with Gasteiger partial charge in [-0.25, -0.2) is 0 Å². The first-order valence-electron chi connectivity index (χ1n) is 4.98. The van der Waals surface area contributed by atoms with Crippen LogP contribution >= 0.6 is 0 Å². The summed E-state index contributed by atoms with van der Waals surface area (Å²) in [6.45, 7) is 2.09. The summed E-state index contributed by atoms with van der Waals surface area (Å²) in [7, 11) is 0. The van der Waals surface area contributed by atoms with Crippen molar-refractivity contribution in [1.29, 1.82) is 0 Å². The lowest BCUT2D eigenvalue weighted by molar-refractivity contribution is 0.377. The van der Waals surface area contributed by atoms with E-state index in [2.05, 4.69) is 26.6 Å². The minimum absolute atomic E-state index is 0.0238. The van der Waals surface area contributed by atoms with Gasteiger partial charge in [0.15, 0.2) is 0 Å². The van der Waals surface area contributed by atoms with Crippen LogP contribution in [0.15, 0.2) is 26.8 Å². The Labute approximate surface area is 82.5 Å². The second kappa shape index (κ2) is 2.85. The smallest absolute Gasteiger partial charge is 0.112 e. The lowest BCUT2D eigenvalue weighted by Crippen LogP contribution is -2.41. The van der Waals surface area contributed by atoms with E-state index in [9.17, 15) is 0 Å². The van der Waals surface area contributed by atoms with Crippen LogP contribution in [0.4, 0.5) is 0 Å². The predicted molar refractivity (Wildman–Crippen MR) is 57.3 cm³/mol. The molecule has 3 aliphatic heterocycles. The Morgan fingerprint density at radius 1 is 1.21 bits per heavy atom. The van der Waals surface area contributed by atoms with E-state index in [0.717, 1.165) is 37.2 Å². The number of dihydropyridines is 1. The molecule has 0 aromatic carbocycles. The number of nitrogens with zero attached hydrogens (tertiary/aromatic N) is 3. The van der Waals surface area contributed by atoms with E-state index in [0.29, 0.717) is 0 Å². The maximum Gasteiger partial charge on any atom is 0.112 e. The summed E-state index contributed by atoms with van der Waals surface area (Å²) in [5.41, 5.74) is 2.08. The highest BCUT2D eigenvalue weighted by Crippen LogP contribution is 2.29. The summed E-state index contributed by atoms with van der Waals surface area (Å²) in [5, 5.41) is 11.2. The number of aliphatic imine (C=N–C) groups is 1. The third kappa shape index (κ3) is 1.14. The minimum atomic E-state index is 0.0238. The maximum absolute atomic E-state index is 4.61. The molecule has 0 amide bonds. The lowest BCUT2D eigenvalue weighted by Gasteiger charge is -2.33. The van der Waals surface area contributed by atoms with E-state index >= 15 is 0 Å². The van der Waals surface area contributed by atoms with Gasteiger partial charge in [0.2, 0.25) is 0 Å². The van der Waals surface area contributed by atoms with Crippen molar-refractivity contribution < 1.29 is 0 Å². The molecule has 0 aromatic rings. The molecule has 0 unspecified atom stereocenters. The Morgan fingerprint density at radius 3 is 2.93 bits per heavy atom. The predicted octanol–water partition coefficient (Wildman–Crippen LogP) is 0.560. The van der Waals surface area contributed by atoms with Gasteiger partial charge in [0.05, 0.1) is 18.0 Å². The van der Waals surface area contributed by atoms with E-state index < -0.39 is 0 Å². The normalized spacial score (nSPS) is 27.4. The van der Waals surface area contributed by atoms with Crippen LogP contribution in [0, 0.1) is 0 Å². The van der Waals surface area contributed by atoms with Crippen molar-refractivity contribution in [1.82, 2.24) is 5.32 Å². The third-order valence-electron chi connectivity index (χ3n) is 3.00. The molecule has 0 radical (unpaired) electrons. The number of fused-ring (bicyclic) bond motifs is 1. The first-order valence-corrected chi connectivity index (χ1v) is 4.98. The van der Waals surface area contributed by atoms with Gasteiger partial charge < -0.3 is 5.32 Å². The highest BCUT2D eigenvalue weighted by Gasteiger charge is 2.32. The molecule has 0 aliphatic carbocycles. The summed E-state index contributed by atoms with van der Waals surface area (Å²) in [4.78, 5) is 4.61. The van der Waals surface area contributed by atoms with Gasteiger partial charge in [-0.05, 0) is 32.0 Å². The Bertz CT molecular complexity index is 370. The number of nitrogens with one attached hydrogen (secondary N) is 1. The monoisotopic (exact) mass is 188 g/mol. The van der Waals surface area contributed by atoms with Crippen molar-refractivity contribution >= 4 is 18.1 Å². The zero-order valence-corrected chi connectivity index (χ0v) is 7.90. The molecule has 3 aliphatic rings. The van der Waals surface area contributed by atoms with Crippen molar-refractivity contribution in [3.63, 3.8) is 0 Å². The van der Waals surface area contributed by atoms with Crippen LogP contribution < -0.4 is 5.32 Å². The van der Waals surface area contributed by atoms with Gasteiger partial charge in [-0.1, -0.05) is 0 Å². The molecular formula is C10H12N4. The fourth-order valence-electron chi connectivity index (χ4n) is 2.14. The van der Waals surface area contributed by atoms with Crippen LogP contribution in [0.2, 0.25) is 0 Å². The van der Waals surface area contributed by atoms with Crippen molar-refractivity contribution in [2.45, 2.75) is 18.4 Å². The molecule has 1 spiro atoms. The van der Waals surface area contributed by atoms with Crippen LogP contribution in [-0.2, 0) is 0 Å². The van der Waals surface area contributed by atoms with Crippen molar-refractivity contribution in [3.8, 4) is 0 Å². The molecule has 0 bridgehead atoms. The molecule has 1 N–H and O–H groups in total. The average molecular weight is 188 g/mol. The van der Waals surface area contributed by atoms with Gasteiger partial charge in [-0.3, -0.25) is 4.99 Å². The van der Waals surface area contributed by atoms with Gasteiger partial charge in [-0.2, -0.15) is 5.10 Å². The molecule has 1 fully saturated rings. The van der Waals surface area contributed by atoms with Gasteiger partial charge in [-0.15, -0.1) is 5.10 Å². The molecule has 4 nitrogen and oxygen atoms in total. The van der Waals surface area contributed by atoms with E-state index in [1.165, 1.54) is 0 Å². The van der Waals surface area contributed by atoms with Crippen LogP contribution in [-0.4, -0.2) is 36.8 Å². The van der Waals surface area contributed by atoms with Crippen LogP contribution in [0.3, 0.4) is 0 Å². The molecule has 0 aromatic heterocycles. The van der Waals surface area contributed by atoms with E-state index in [1.807, 2.05) is 12.4 Å². The standard InChI is InChI=1S/C10H12N4/c1-3-11-4-2-10(1)5-8-6-13-14-9(8)7-12-10/h5-7,11H,1-4H2. The van der Waals surface area contributed by atoms with Gasteiger partial charge in [0, 0.05) is 5.57 Å². The van der Waals surface area contributed by atoms with Crippen molar-refractivity contribution in [2.24, 2.45) is 15.2 Å². The highest BCUT2D eigenvalue weighted by atomic mass is 15.2. The van der Waals surface area contributed by atoms with Crippen molar-refractivity contribution in [2.75, 3.05) is 13.1 Å². The Kier molecular flexibility index (Phi) is 1.64. The molecule has 0 saturated carbocycles. The minimum Gasteiger partial charge on any atom is -0.317 e. The number of allylic oxidation sites excluding steroid dienone is 1. The Hall–Kier alpha value is -1.29. The SMILES string of the molecule is C1=NN=C2C=NC3(C=C12)CCNCC3. The lowest BCUT2D eigenvalue weighted by atomic mass is 9.85. The number of hydrogen-bond acceptors (Lipinski definition) is 4. The van der Waals surface area contributed by atoms with Crippen LogP contribution in [0.1, 0.15) is 12.8 Å². The summed E-state index contributed by atoms with van der Waals surface area (Å²) in [5.74, 6) is 0. The van der Waals surface area contributed by atoms with Crippen LogP contribution in [0.25, 0.3) is 0 Å². The average Bonchev–Trinajstić information content (AvgIpc) is 2.66. The maximum atomic E-state index is 4.61. The van der Waals surface area contributed by atoms with Gasteiger partial charge in [0.25, 0.3) is 0 Å². The second-order valence-electron chi connectivity index (χ2n) is 3.94. The summed E-state index contributed by atoms with van der Waals surface area (Å²) < 4.78 is 0. The molecular weight excluding hydrogens is 176 g/mol. The van der Waals surface area contributed by atoms with Gasteiger partial charge >= 0.3 is 0 Å². The highest BCUT2D eigenvalue weighted by molar-refractivity contribution is 6.45. The quantitative estimate of drug-likeness (QED) is 0.593. The van der Waals surface area contributed by atoms with E-state index in [4.69, 9.17) is 0 Å². The first kappa shape index (κ1) is 8.05. The fourth-order valence-corrected chi connectivity index (χ4v) is 2.14. The molecule has 72 valence electrons. The third-order valence-corrected chi connectivity index (χ3v) is 3.00. The van der Waals surface area contributed by atoms with E-state index in [-0.39, 0.29) is 5.54 Å². The molecule has 0 atom stereocenters. The van der Waals surface area contributed by atoms with Gasteiger partial charge in [0.1, 0.15) is 5.71 Å². The second-order valence-corrected chi connectivity index (χ2v) is 3.94. The topological polar surface area (TPSA) is 49.1 Å². The fraction of sp³-hybridized carbons (Fsp3) is 0.500. The summed E-state index contributed by atoms with van der Waals surface area (Å²) in [6.07, 6.45) is 8.07. The number of piperidine rings is 1. The van der Waals surface area contributed by atoms with Crippen LogP contribution in [0.5, 0.6) is 0 Å².